The fraction of sp³-hybridized carbons (Fsp3) is 0.435. The molecule has 0 bridgehead atoms. The molecule has 1 saturated heterocycles. The van der Waals surface area contributed by atoms with Crippen LogP contribution >= 0.6 is 0 Å². The topological polar surface area (TPSA) is 23.6 Å². The molecule has 0 N–H and O–H groups in total. The average Bonchev–Trinajstić information content (AvgIpc) is 2.69. The number of piperidine rings is 1. The summed E-state index contributed by atoms with van der Waals surface area (Å²) in [5, 5.41) is 0. The van der Waals surface area contributed by atoms with Crippen LogP contribution < -0.4 is 4.90 Å². The quantitative estimate of drug-likeness (QED) is 0.711. The van der Waals surface area contributed by atoms with Gasteiger partial charge in [0.25, 0.3) is 0 Å². The van der Waals surface area contributed by atoms with Gasteiger partial charge in [-0.3, -0.25) is 9.69 Å². The highest BCUT2D eigenvalue weighted by Gasteiger charge is 2.28. The normalized spacial score (nSPS) is 15.7. The number of anilines is 1. The van der Waals surface area contributed by atoms with Crippen molar-refractivity contribution in [1.82, 2.24) is 4.90 Å². The van der Waals surface area contributed by atoms with Gasteiger partial charge in [-0.1, -0.05) is 61.9 Å². The number of carbonyl (C=O) groups is 1. The van der Waals surface area contributed by atoms with E-state index in [1.165, 1.54) is 5.56 Å². The molecule has 0 unspecified atom stereocenters. The predicted octanol–water partition coefficient (Wildman–Crippen LogP) is 4.87. The zero-order valence-corrected chi connectivity index (χ0v) is 15.8. The standard InChI is InChI=1S/C23H30N2O/c1-2-3-14-23(26)25(21-12-8-5-9-13-21)22-15-17-24(18-16-22)19-20-10-6-4-7-11-20/h4-13,22H,2-3,14-19H2,1H3. The highest BCUT2D eigenvalue weighted by molar-refractivity contribution is 5.93. The summed E-state index contributed by atoms with van der Waals surface area (Å²) in [6.07, 6.45) is 4.76. The summed E-state index contributed by atoms with van der Waals surface area (Å²) < 4.78 is 0. The highest BCUT2D eigenvalue weighted by atomic mass is 16.2. The van der Waals surface area contributed by atoms with E-state index in [0.29, 0.717) is 12.5 Å². The molecule has 1 amide bonds. The molecule has 0 saturated carbocycles. The lowest BCUT2D eigenvalue weighted by molar-refractivity contribution is -0.119. The van der Waals surface area contributed by atoms with Gasteiger partial charge in [-0.2, -0.15) is 0 Å². The largest absolute Gasteiger partial charge is 0.309 e. The van der Waals surface area contributed by atoms with Crippen molar-refractivity contribution in [2.24, 2.45) is 0 Å². The van der Waals surface area contributed by atoms with E-state index in [-0.39, 0.29) is 5.91 Å². The Morgan fingerprint density at radius 3 is 2.23 bits per heavy atom. The minimum Gasteiger partial charge on any atom is -0.309 e. The minimum atomic E-state index is 0.277. The molecule has 2 aromatic rings. The van der Waals surface area contributed by atoms with Crippen molar-refractivity contribution in [3.63, 3.8) is 0 Å². The van der Waals surface area contributed by atoms with Crippen molar-refractivity contribution in [3.05, 3.63) is 66.2 Å². The van der Waals surface area contributed by atoms with Crippen molar-refractivity contribution in [1.29, 1.82) is 0 Å². The number of benzene rings is 2. The number of hydrogen-bond acceptors (Lipinski definition) is 2. The number of hydrogen-bond donors (Lipinski definition) is 0. The van der Waals surface area contributed by atoms with Gasteiger partial charge in [-0.05, 0) is 37.0 Å². The van der Waals surface area contributed by atoms with Crippen molar-refractivity contribution in [2.75, 3.05) is 18.0 Å². The lowest BCUT2D eigenvalue weighted by Crippen LogP contribution is -2.47. The molecule has 1 fully saturated rings. The number of unbranched alkanes of at least 4 members (excludes halogenated alkanes) is 1. The molecule has 1 aliphatic heterocycles. The maximum absolute atomic E-state index is 12.9. The molecule has 3 rings (SSSR count). The third-order valence-electron chi connectivity index (χ3n) is 5.22. The number of rotatable bonds is 7. The number of amides is 1. The maximum atomic E-state index is 12.9. The number of likely N-dealkylation sites (tertiary alicyclic amines) is 1. The Morgan fingerprint density at radius 1 is 1.00 bits per heavy atom. The fourth-order valence-corrected chi connectivity index (χ4v) is 3.77. The van der Waals surface area contributed by atoms with Gasteiger partial charge < -0.3 is 4.90 Å². The lowest BCUT2D eigenvalue weighted by Gasteiger charge is -2.38. The lowest BCUT2D eigenvalue weighted by atomic mass is 10.0. The smallest absolute Gasteiger partial charge is 0.227 e. The van der Waals surface area contributed by atoms with Gasteiger partial charge in [0.2, 0.25) is 5.91 Å². The first kappa shape index (κ1) is 18.7. The number of para-hydroxylation sites is 1. The van der Waals surface area contributed by atoms with E-state index in [1.807, 2.05) is 18.2 Å². The molecule has 26 heavy (non-hydrogen) atoms. The third kappa shape index (κ3) is 4.95. The second-order valence-electron chi connectivity index (χ2n) is 7.20. The Bertz CT molecular complexity index is 663. The van der Waals surface area contributed by atoms with Gasteiger partial charge in [-0.25, -0.2) is 0 Å². The molecule has 3 heteroatoms. The van der Waals surface area contributed by atoms with E-state index in [2.05, 4.69) is 59.2 Å². The van der Waals surface area contributed by atoms with Crippen LogP contribution in [0.3, 0.4) is 0 Å². The van der Waals surface area contributed by atoms with Crippen LogP contribution in [0.15, 0.2) is 60.7 Å². The van der Waals surface area contributed by atoms with Gasteiger partial charge in [0, 0.05) is 37.8 Å². The van der Waals surface area contributed by atoms with Crippen LogP contribution in [-0.4, -0.2) is 29.9 Å². The van der Waals surface area contributed by atoms with Crippen LogP contribution in [0.4, 0.5) is 5.69 Å². The minimum absolute atomic E-state index is 0.277. The molecule has 0 spiro atoms. The number of nitrogens with zero attached hydrogens (tertiary/aromatic N) is 2. The Kier molecular flexibility index (Phi) is 6.84. The summed E-state index contributed by atoms with van der Waals surface area (Å²) in [7, 11) is 0. The summed E-state index contributed by atoms with van der Waals surface area (Å²) in [6, 6.07) is 21.2. The average molecular weight is 351 g/mol. The monoisotopic (exact) mass is 350 g/mol. The third-order valence-corrected chi connectivity index (χ3v) is 5.22. The van der Waals surface area contributed by atoms with Gasteiger partial charge in [-0.15, -0.1) is 0 Å². The SMILES string of the molecule is CCCCC(=O)N(c1ccccc1)C1CCN(Cc2ccccc2)CC1. The van der Waals surface area contributed by atoms with E-state index < -0.39 is 0 Å². The zero-order valence-electron chi connectivity index (χ0n) is 15.8. The molecule has 0 atom stereocenters. The highest BCUT2D eigenvalue weighted by Crippen LogP contribution is 2.25. The first-order chi connectivity index (χ1) is 12.8. The van der Waals surface area contributed by atoms with Crippen molar-refractivity contribution in [2.45, 2.75) is 51.6 Å². The van der Waals surface area contributed by atoms with Crippen LogP contribution in [0.25, 0.3) is 0 Å². The van der Waals surface area contributed by atoms with Gasteiger partial charge in [0.15, 0.2) is 0 Å². The Labute approximate surface area is 157 Å². The van der Waals surface area contributed by atoms with Crippen molar-refractivity contribution < 1.29 is 4.79 Å². The van der Waals surface area contributed by atoms with E-state index in [0.717, 1.165) is 51.0 Å². The van der Waals surface area contributed by atoms with Crippen LogP contribution in [0, 0.1) is 0 Å². The summed E-state index contributed by atoms with van der Waals surface area (Å²) >= 11 is 0. The Balaban J connectivity index is 1.64. The van der Waals surface area contributed by atoms with Gasteiger partial charge in [0.05, 0.1) is 0 Å². The van der Waals surface area contributed by atoms with E-state index in [1.54, 1.807) is 0 Å². The van der Waals surface area contributed by atoms with Crippen LogP contribution in [0.5, 0.6) is 0 Å². The summed E-state index contributed by atoms with van der Waals surface area (Å²) in [5.74, 6) is 0.277. The first-order valence-corrected chi connectivity index (χ1v) is 9.91. The van der Waals surface area contributed by atoms with E-state index in [9.17, 15) is 4.79 Å². The molecule has 3 nitrogen and oxygen atoms in total. The molecule has 138 valence electrons. The molecular formula is C23H30N2O. The Morgan fingerprint density at radius 2 is 1.62 bits per heavy atom. The molecule has 0 aliphatic carbocycles. The first-order valence-electron chi connectivity index (χ1n) is 9.91. The summed E-state index contributed by atoms with van der Waals surface area (Å²) in [4.78, 5) is 17.5. The molecule has 2 aromatic carbocycles. The molecular weight excluding hydrogens is 320 g/mol. The summed E-state index contributed by atoms with van der Waals surface area (Å²) in [6.45, 7) is 5.23. The van der Waals surface area contributed by atoms with Gasteiger partial charge >= 0.3 is 0 Å². The van der Waals surface area contributed by atoms with E-state index >= 15 is 0 Å². The number of carbonyl (C=O) groups excluding carboxylic acids is 1. The second kappa shape index (κ2) is 9.54. The van der Waals surface area contributed by atoms with Crippen LogP contribution in [-0.2, 0) is 11.3 Å². The predicted molar refractivity (Wildman–Crippen MR) is 108 cm³/mol. The zero-order chi connectivity index (χ0) is 18.2. The molecule has 0 aromatic heterocycles. The Hall–Kier alpha value is -2.13. The van der Waals surface area contributed by atoms with Crippen molar-refractivity contribution >= 4 is 11.6 Å². The van der Waals surface area contributed by atoms with Crippen LogP contribution in [0.2, 0.25) is 0 Å². The molecule has 0 radical (unpaired) electrons. The second-order valence-corrected chi connectivity index (χ2v) is 7.20. The van der Waals surface area contributed by atoms with Crippen molar-refractivity contribution in [3.8, 4) is 0 Å². The molecule has 1 heterocycles. The summed E-state index contributed by atoms with van der Waals surface area (Å²) in [5.41, 5.74) is 2.42. The van der Waals surface area contributed by atoms with Crippen LogP contribution in [0.1, 0.15) is 44.6 Å². The van der Waals surface area contributed by atoms with Gasteiger partial charge in [0.1, 0.15) is 0 Å². The molecule has 1 aliphatic rings. The fourth-order valence-electron chi connectivity index (χ4n) is 3.77. The van der Waals surface area contributed by atoms with E-state index in [4.69, 9.17) is 0 Å². The maximum Gasteiger partial charge on any atom is 0.227 e.